The Balaban J connectivity index is 1.53. The summed E-state index contributed by atoms with van der Waals surface area (Å²) in [5, 5.41) is 5.78. The van der Waals surface area contributed by atoms with Gasteiger partial charge < -0.3 is 20.4 Å². The molecule has 3 aliphatic rings. The van der Waals surface area contributed by atoms with Crippen molar-refractivity contribution in [2.24, 2.45) is 5.73 Å². The summed E-state index contributed by atoms with van der Waals surface area (Å²) in [6.45, 7) is 9.24. The third kappa shape index (κ3) is 5.31. The maximum atomic E-state index is 7.46. The highest BCUT2D eigenvalue weighted by molar-refractivity contribution is 6.21. The fourth-order valence-electron chi connectivity index (χ4n) is 6.85. The van der Waals surface area contributed by atoms with Crippen LogP contribution in [0.15, 0.2) is 181 Å². The second-order valence-electron chi connectivity index (χ2n) is 12.2. The summed E-state index contributed by atoms with van der Waals surface area (Å²) in [5.74, 6) is 0.535. The Hall–Kier alpha value is -6.46. The second-order valence-corrected chi connectivity index (χ2v) is 12.2. The van der Waals surface area contributed by atoms with Gasteiger partial charge in [0, 0.05) is 46.0 Å². The van der Waals surface area contributed by atoms with Gasteiger partial charge >= 0.3 is 0 Å². The third-order valence-electron chi connectivity index (χ3n) is 9.10. The number of hydrogen-bond acceptors (Lipinski definition) is 5. The van der Waals surface area contributed by atoms with Crippen LogP contribution in [0.5, 0.6) is 0 Å². The van der Waals surface area contributed by atoms with E-state index in [1.54, 1.807) is 0 Å². The Morgan fingerprint density at radius 3 is 2.18 bits per heavy atom. The molecule has 0 fully saturated rings. The molecule has 1 aliphatic carbocycles. The van der Waals surface area contributed by atoms with Crippen LogP contribution >= 0.6 is 0 Å². The summed E-state index contributed by atoms with van der Waals surface area (Å²) in [6.07, 6.45) is 25.6. The minimum absolute atomic E-state index is 0.0685. The molecule has 0 spiro atoms. The summed E-state index contributed by atoms with van der Waals surface area (Å²) in [4.78, 5) is 4.30. The number of nitrogens with one attached hydrogen (secondary N) is 1. The van der Waals surface area contributed by atoms with Crippen LogP contribution in [-0.2, 0) is 0 Å². The first-order chi connectivity index (χ1) is 24.1. The third-order valence-corrected chi connectivity index (χ3v) is 9.10. The number of para-hydroxylation sites is 2. The van der Waals surface area contributed by atoms with Crippen LogP contribution < -0.4 is 20.9 Å². The summed E-state index contributed by atoms with van der Waals surface area (Å²) in [5.41, 5.74) is 17.0. The fraction of sp³-hybridized carbons (Fsp3) is 0.0455. The first-order valence-corrected chi connectivity index (χ1v) is 16.5. The van der Waals surface area contributed by atoms with E-state index in [1.807, 2.05) is 79.0 Å². The lowest BCUT2D eigenvalue weighted by Crippen LogP contribution is -2.34. The monoisotopic (exact) mass is 636 g/mol. The number of anilines is 3. The zero-order chi connectivity index (χ0) is 33.3. The maximum absolute atomic E-state index is 7.46. The highest BCUT2D eigenvalue weighted by Gasteiger charge is 2.33. The molecule has 1 aromatic heterocycles. The van der Waals surface area contributed by atoms with E-state index in [1.165, 1.54) is 0 Å². The van der Waals surface area contributed by atoms with Crippen molar-refractivity contribution < 1.29 is 4.42 Å². The van der Waals surface area contributed by atoms with Gasteiger partial charge in [-0.25, -0.2) is 0 Å². The van der Waals surface area contributed by atoms with Crippen LogP contribution in [-0.4, -0.2) is 6.04 Å². The minimum Gasteiger partial charge on any atom is -0.455 e. The molecule has 5 aromatic rings. The van der Waals surface area contributed by atoms with E-state index in [4.69, 9.17) is 10.2 Å². The van der Waals surface area contributed by atoms with Crippen molar-refractivity contribution in [3.8, 4) is 0 Å². The molecule has 238 valence electrons. The van der Waals surface area contributed by atoms with Crippen molar-refractivity contribution in [2.75, 3.05) is 9.80 Å². The molecule has 0 saturated heterocycles. The molecular weight excluding hydrogens is 601 g/mol. The van der Waals surface area contributed by atoms with Gasteiger partial charge in [0.15, 0.2) is 0 Å². The van der Waals surface area contributed by atoms with Crippen molar-refractivity contribution in [1.82, 2.24) is 5.32 Å². The molecule has 4 aromatic carbocycles. The molecule has 8 rings (SSSR count). The quantitative estimate of drug-likeness (QED) is 0.201. The van der Waals surface area contributed by atoms with Gasteiger partial charge in [0.25, 0.3) is 0 Å². The number of rotatable bonds is 5. The molecule has 0 amide bonds. The largest absolute Gasteiger partial charge is 0.455 e. The van der Waals surface area contributed by atoms with Crippen LogP contribution in [0.2, 0.25) is 0 Å². The van der Waals surface area contributed by atoms with E-state index in [9.17, 15) is 0 Å². The molecule has 5 nitrogen and oxygen atoms in total. The number of fused-ring (bicyclic) bond motifs is 8. The SMILES string of the molecule is C=C1/C=C\C=C/N(/C(N)=C(/NC2C=CC=CC2)c2ccccc2)c2c3c(c4c(oc5ccccc54)c21)C(=C)/C=C\C=C/N3c1ccccc1. The van der Waals surface area contributed by atoms with E-state index in [2.05, 4.69) is 107 Å². The molecule has 0 bridgehead atoms. The van der Waals surface area contributed by atoms with Crippen molar-refractivity contribution in [1.29, 1.82) is 0 Å². The number of nitrogens with zero attached hydrogens (tertiary/aromatic N) is 2. The lowest BCUT2D eigenvalue weighted by Gasteiger charge is -2.35. The Kier molecular flexibility index (Phi) is 7.71. The fourth-order valence-corrected chi connectivity index (χ4v) is 6.85. The van der Waals surface area contributed by atoms with E-state index >= 15 is 0 Å². The Morgan fingerprint density at radius 1 is 0.735 bits per heavy atom. The van der Waals surface area contributed by atoms with E-state index < -0.39 is 0 Å². The summed E-state index contributed by atoms with van der Waals surface area (Å²) in [6, 6.07) is 28.9. The summed E-state index contributed by atoms with van der Waals surface area (Å²) >= 11 is 0. The molecule has 1 unspecified atom stereocenters. The standard InChI is InChI=1S/C44H36N4O/c1-30-18-14-16-28-47(34-24-10-5-11-25-34)41-37(30)39-35-26-12-13-27-36(35)49-43(39)38-31(2)19-15-17-29-48(42(38)41)44(45)40(32-20-6-3-7-21-32)46-33-22-8-4-9-23-33/h3-22,24-29,33,46H,1-2,23,45H2/b18-14-,19-15-,28-16-,29-17-,44-40+. The number of allylic oxidation sites excluding steroid dienone is 10. The van der Waals surface area contributed by atoms with Gasteiger partial charge in [0.1, 0.15) is 17.0 Å². The Bertz CT molecular complexity index is 2330. The normalized spacial score (nSPS) is 20.0. The molecule has 2 aliphatic heterocycles. The molecule has 3 heterocycles. The van der Waals surface area contributed by atoms with E-state index in [-0.39, 0.29) is 6.04 Å². The topological polar surface area (TPSA) is 57.7 Å². The smallest absolute Gasteiger partial charge is 0.146 e. The van der Waals surface area contributed by atoms with Crippen LogP contribution in [0.4, 0.5) is 17.1 Å². The van der Waals surface area contributed by atoms with Crippen LogP contribution in [0.1, 0.15) is 23.1 Å². The van der Waals surface area contributed by atoms with Gasteiger partial charge in [-0.1, -0.05) is 128 Å². The van der Waals surface area contributed by atoms with Crippen LogP contribution in [0.3, 0.4) is 0 Å². The van der Waals surface area contributed by atoms with Gasteiger partial charge in [-0.3, -0.25) is 4.90 Å². The Morgan fingerprint density at radius 2 is 1.43 bits per heavy atom. The second kappa shape index (κ2) is 12.6. The van der Waals surface area contributed by atoms with Crippen LogP contribution in [0, 0.1) is 0 Å². The lowest BCUT2D eigenvalue weighted by atomic mass is 9.89. The number of hydrogen-bond donors (Lipinski definition) is 2. The van der Waals surface area contributed by atoms with Crippen molar-refractivity contribution in [3.63, 3.8) is 0 Å². The number of nitrogens with two attached hydrogens (primary N) is 1. The zero-order valence-electron chi connectivity index (χ0n) is 27.1. The van der Waals surface area contributed by atoms with Crippen molar-refractivity contribution >= 4 is 55.8 Å². The average molecular weight is 637 g/mol. The molecule has 5 heteroatoms. The van der Waals surface area contributed by atoms with Gasteiger partial charge in [-0.05, 0) is 47.9 Å². The molecule has 1 atom stereocenters. The minimum atomic E-state index is 0.0685. The molecule has 49 heavy (non-hydrogen) atoms. The predicted molar refractivity (Wildman–Crippen MR) is 207 cm³/mol. The first-order valence-electron chi connectivity index (χ1n) is 16.5. The predicted octanol–water partition coefficient (Wildman–Crippen LogP) is 10.5. The zero-order valence-corrected chi connectivity index (χ0v) is 27.1. The first kappa shape index (κ1) is 29.9. The van der Waals surface area contributed by atoms with E-state index in [0.29, 0.717) is 5.82 Å². The van der Waals surface area contributed by atoms with E-state index in [0.717, 1.165) is 79.0 Å². The van der Waals surface area contributed by atoms with Crippen molar-refractivity contribution in [3.05, 3.63) is 194 Å². The molecular formula is C44H36N4O. The molecule has 0 radical (unpaired) electrons. The van der Waals surface area contributed by atoms with Gasteiger partial charge in [-0.2, -0.15) is 0 Å². The maximum Gasteiger partial charge on any atom is 0.146 e. The number of benzene rings is 4. The Labute approximate surface area is 286 Å². The number of furan rings is 1. The van der Waals surface area contributed by atoms with Gasteiger partial charge in [-0.15, -0.1) is 0 Å². The van der Waals surface area contributed by atoms with Gasteiger partial charge in [0.05, 0.1) is 22.6 Å². The molecule has 3 N–H and O–H groups in total. The summed E-state index contributed by atoms with van der Waals surface area (Å²) < 4.78 is 6.80. The van der Waals surface area contributed by atoms with Crippen LogP contribution in [0.25, 0.3) is 38.8 Å². The van der Waals surface area contributed by atoms with Gasteiger partial charge in [0.2, 0.25) is 0 Å². The molecule has 0 saturated carbocycles. The highest BCUT2D eigenvalue weighted by atomic mass is 16.3. The summed E-state index contributed by atoms with van der Waals surface area (Å²) in [7, 11) is 0. The van der Waals surface area contributed by atoms with Crippen molar-refractivity contribution in [2.45, 2.75) is 12.5 Å². The highest BCUT2D eigenvalue weighted by Crippen LogP contribution is 2.53. The average Bonchev–Trinajstić information content (AvgIpc) is 3.51. The lowest BCUT2D eigenvalue weighted by molar-refractivity contribution is 0.667.